The molecule has 0 radical (unpaired) electrons. The molecule has 1 aromatic heterocycles. The average Bonchev–Trinajstić information content (AvgIpc) is 3.20. The third-order valence-corrected chi connectivity index (χ3v) is 12.9. The number of amides is 1. The number of Topliss-reactive ketones (excluding diaryl/α,β-unsaturated/α-hetero) is 1. The minimum atomic E-state index is -0.739. The molecule has 2 N–H and O–H groups in total. The highest BCUT2D eigenvalue weighted by atomic mass is 16.3. The fourth-order valence-electron chi connectivity index (χ4n) is 11.2. The fraction of sp³-hybridized carbons (Fsp3) is 0.735. The maximum absolute atomic E-state index is 14.1. The van der Waals surface area contributed by atoms with Gasteiger partial charge >= 0.3 is 0 Å². The third kappa shape index (κ3) is 3.70. The summed E-state index contributed by atoms with van der Waals surface area (Å²) in [6, 6.07) is 5.57. The van der Waals surface area contributed by atoms with E-state index in [1.54, 1.807) is 6.20 Å². The van der Waals surface area contributed by atoms with Crippen molar-refractivity contribution in [1.82, 2.24) is 4.98 Å². The van der Waals surface area contributed by atoms with Gasteiger partial charge in [-0.1, -0.05) is 47.6 Å². The second-order valence-electron chi connectivity index (χ2n) is 15.2. The van der Waals surface area contributed by atoms with Gasteiger partial charge in [-0.25, -0.2) is 4.98 Å². The van der Waals surface area contributed by atoms with Gasteiger partial charge in [0.25, 0.3) is 0 Å². The molecule has 5 aliphatic rings. The Bertz CT molecular complexity index is 1200. The Morgan fingerprint density at radius 3 is 2.41 bits per heavy atom. The maximum Gasteiger partial charge on any atom is 0.236 e. The quantitative estimate of drug-likeness (QED) is 0.440. The van der Waals surface area contributed by atoms with Gasteiger partial charge in [0.05, 0.1) is 11.5 Å². The zero-order valence-electron chi connectivity index (χ0n) is 24.8. The Morgan fingerprint density at radius 1 is 0.974 bits per heavy atom. The first-order valence-electron chi connectivity index (χ1n) is 15.5. The molecule has 0 aliphatic heterocycles. The topological polar surface area (TPSA) is 79.3 Å². The molecular weight excluding hydrogens is 484 g/mol. The lowest BCUT2D eigenvalue weighted by atomic mass is 9.36. The minimum absolute atomic E-state index is 0.0374. The van der Waals surface area contributed by atoms with Crippen LogP contribution >= 0.6 is 0 Å². The van der Waals surface area contributed by atoms with Gasteiger partial charge in [-0.05, 0) is 120 Å². The Labute approximate surface area is 234 Å². The summed E-state index contributed by atoms with van der Waals surface area (Å²) in [6.45, 7) is 14.0. The molecule has 4 fully saturated rings. The van der Waals surface area contributed by atoms with E-state index in [2.05, 4.69) is 51.8 Å². The molecule has 1 heterocycles. The summed E-state index contributed by atoms with van der Waals surface area (Å²) < 4.78 is 0. The summed E-state index contributed by atoms with van der Waals surface area (Å²) in [7, 11) is 0. The van der Waals surface area contributed by atoms with Crippen LogP contribution in [0, 0.1) is 51.2 Å². The van der Waals surface area contributed by atoms with E-state index in [9.17, 15) is 14.7 Å². The van der Waals surface area contributed by atoms with E-state index >= 15 is 0 Å². The van der Waals surface area contributed by atoms with Crippen LogP contribution < -0.4 is 5.32 Å². The number of hydrogen-bond acceptors (Lipinski definition) is 4. The van der Waals surface area contributed by atoms with Crippen LogP contribution in [-0.2, 0) is 9.59 Å². The number of nitrogens with one attached hydrogen (secondary N) is 1. The van der Waals surface area contributed by atoms with Crippen LogP contribution in [0.5, 0.6) is 0 Å². The second-order valence-corrected chi connectivity index (χ2v) is 15.2. The van der Waals surface area contributed by atoms with Crippen molar-refractivity contribution in [2.45, 2.75) is 105 Å². The van der Waals surface area contributed by atoms with Gasteiger partial charge in [-0.2, -0.15) is 0 Å². The predicted molar refractivity (Wildman–Crippen MR) is 154 cm³/mol. The number of allylic oxidation sites excluding steroid dienone is 1. The van der Waals surface area contributed by atoms with E-state index in [-0.39, 0.29) is 40.0 Å². The first-order valence-corrected chi connectivity index (χ1v) is 15.5. The van der Waals surface area contributed by atoms with Crippen LogP contribution in [-0.4, -0.2) is 27.9 Å². The number of aromatic nitrogens is 1. The SMILES string of the molecule is CC(C)C1=C2C3CCC4C(C)(CCC5C(C)(C)C(O)CCC54C)C3CC[C@@]2(C(=O)Nc2ccccn2)CC1=O. The number of ketones is 1. The Balaban J connectivity index is 1.38. The van der Waals surface area contributed by atoms with E-state index in [0.29, 0.717) is 35.9 Å². The number of pyridine rings is 1. The van der Waals surface area contributed by atoms with Crippen LogP contribution in [0.3, 0.4) is 0 Å². The van der Waals surface area contributed by atoms with Crippen LogP contribution in [0.4, 0.5) is 5.82 Å². The molecule has 7 unspecified atom stereocenters. The van der Waals surface area contributed by atoms with Gasteiger partial charge in [0.2, 0.25) is 5.91 Å². The van der Waals surface area contributed by atoms with E-state index in [0.717, 1.165) is 50.5 Å². The highest BCUT2D eigenvalue weighted by Gasteiger charge is 2.67. The highest BCUT2D eigenvalue weighted by molar-refractivity contribution is 6.09. The standard InChI is InChI=1S/C34H48N2O3/c1-20(2)28-23(37)19-34(30(39)36-27-9-7-8-18-35-27)17-12-22-21(29(28)34)10-11-25-32(22,5)15-13-24-31(3,4)26(38)14-16-33(24,25)6/h7-9,18,20-22,24-26,38H,10-17,19H2,1-6H3,(H,35,36,39)/t21?,22?,24?,25?,26?,32?,33?,34-/m1/s1. The summed E-state index contributed by atoms with van der Waals surface area (Å²) in [5, 5.41) is 14.1. The van der Waals surface area contributed by atoms with Crippen LogP contribution in [0.25, 0.3) is 0 Å². The number of anilines is 1. The summed E-state index contributed by atoms with van der Waals surface area (Å²) in [5.74, 6) is 2.77. The van der Waals surface area contributed by atoms with Crippen molar-refractivity contribution in [2.24, 2.45) is 51.2 Å². The zero-order valence-corrected chi connectivity index (χ0v) is 24.8. The maximum atomic E-state index is 14.1. The highest BCUT2D eigenvalue weighted by Crippen LogP contribution is 2.72. The number of nitrogens with zero attached hydrogens (tertiary/aromatic N) is 1. The molecule has 4 saturated carbocycles. The van der Waals surface area contributed by atoms with Gasteiger partial charge in [0, 0.05) is 12.6 Å². The Morgan fingerprint density at radius 2 is 1.72 bits per heavy atom. The molecule has 1 aromatic rings. The van der Waals surface area contributed by atoms with Gasteiger partial charge in [0.1, 0.15) is 5.82 Å². The summed E-state index contributed by atoms with van der Waals surface area (Å²) in [4.78, 5) is 32.1. The lowest BCUT2D eigenvalue weighted by Crippen LogP contribution is -2.62. The number of aliphatic hydroxyl groups is 1. The van der Waals surface area contributed by atoms with E-state index in [1.807, 2.05) is 18.2 Å². The number of hydrogen-bond donors (Lipinski definition) is 2. The largest absolute Gasteiger partial charge is 0.393 e. The lowest BCUT2D eigenvalue weighted by Gasteiger charge is -2.68. The minimum Gasteiger partial charge on any atom is -0.393 e. The van der Waals surface area contributed by atoms with Crippen LogP contribution in [0.2, 0.25) is 0 Å². The molecule has 5 aliphatic carbocycles. The fourth-order valence-corrected chi connectivity index (χ4v) is 11.2. The predicted octanol–water partition coefficient (Wildman–Crippen LogP) is 6.97. The summed E-state index contributed by atoms with van der Waals surface area (Å²) in [5.41, 5.74) is 1.77. The molecule has 1 amide bonds. The molecule has 39 heavy (non-hydrogen) atoms. The smallest absolute Gasteiger partial charge is 0.236 e. The molecule has 8 atom stereocenters. The number of carbonyl (C=O) groups excluding carboxylic acids is 2. The van der Waals surface area contributed by atoms with Crippen molar-refractivity contribution in [3.8, 4) is 0 Å². The van der Waals surface area contributed by atoms with E-state index in [4.69, 9.17) is 0 Å². The van der Waals surface area contributed by atoms with E-state index < -0.39 is 5.41 Å². The van der Waals surface area contributed by atoms with Crippen molar-refractivity contribution >= 4 is 17.5 Å². The Hall–Kier alpha value is -2.01. The number of aliphatic hydroxyl groups excluding tert-OH is 1. The number of carbonyl (C=O) groups is 2. The molecule has 5 nitrogen and oxygen atoms in total. The molecule has 6 rings (SSSR count). The summed E-state index contributed by atoms with van der Waals surface area (Å²) in [6.07, 6.45) is 10.1. The van der Waals surface area contributed by atoms with Crippen molar-refractivity contribution in [3.63, 3.8) is 0 Å². The molecule has 5 heteroatoms. The van der Waals surface area contributed by atoms with Crippen molar-refractivity contribution in [2.75, 3.05) is 5.32 Å². The molecule has 0 bridgehead atoms. The lowest BCUT2D eigenvalue weighted by molar-refractivity contribution is -0.203. The van der Waals surface area contributed by atoms with E-state index in [1.165, 1.54) is 12.0 Å². The summed E-state index contributed by atoms with van der Waals surface area (Å²) >= 11 is 0. The second kappa shape index (κ2) is 8.99. The van der Waals surface area contributed by atoms with Crippen LogP contribution in [0.1, 0.15) is 99.3 Å². The number of rotatable bonds is 3. The van der Waals surface area contributed by atoms with Gasteiger partial charge < -0.3 is 10.4 Å². The van der Waals surface area contributed by atoms with Gasteiger partial charge in [-0.15, -0.1) is 0 Å². The molecular formula is C34H48N2O3. The third-order valence-electron chi connectivity index (χ3n) is 12.9. The average molecular weight is 533 g/mol. The molecule has 0 aromatic carbocycles. The molecule has 0 saturated heterocycles. The van der Waals surface area contributed by atoms with Crippen molar-refractivity contribution in [3.05, 3.63) is 35.5 Å². The van der Waals surface area contributed by atoms with Crippen molar-refractivity contribution in [1.29, 1.82) is 0 Å². The van der Waals surface area contributed by atoms with Gasteiger partial charge in [0.15, 0.2) is 5.78 Å². The number of fused-ring (bicyclic) bond motifs is 7. The normalized spacial score (nSPS) is 42.9. The molecule has 0 spiro atoms. The first-order chi connectivity index (χ1) is 18.4. The zero-order chi connectivity index (χ0) is 28.0. The van der Waals surface area contributed by atoms with Crippen LogP contribution in [0.15, 0.2) is 35.5 Å². The van der Waals surface area contributed by atoms with Crippen molar-refractivity contribution < 1.29 is 14.7 Å². The molecule has 212 valence electrons. The monoisotopic (exact) mass is 532 g/mol. The first kappa shape index (κ1) is 27.2. The van der Waals surface area contributed by atoms with Gasteiger partial charge in [-0.3, -0.25) is 9.59 Å². The Kier molecular flexibility index (Phi) is 6.27.